The van der Waals surface area contributed by atoms with Crippen LogP contribution in [0, 0.1) is 18.3 Å². The van der Waals surface area contributed by atoms with Crippen molar-refractivity contribution in [3.8, 4) is 12.3 Å². The van der Waals surface area contributed by atoms with Crippen LogP contribution in [0.3, 0.4) is 0 Å². The molecule has 2 fully saturated rings. The zero-order valence-electron chi connectivity index (χ0n) is 14.5. The zero-order chi connectivity index (χ0) is 16.8. The van der Waals surface area contributed by atoms with Crippen molar-refractivity contribution in [1.82, 2.24) is 9.80 Å². The Morgan fingerprint density at radius 1 is 1.29 bits per heavy atom. The summed E-state index contributed by atoms with van der Waals surface area (Å²) in [5.41, 5.74) is -0.350. The van der Waals surface area contributed by atoms with E-state index in [-0.39, 0.29) is 11.6 Å². The van der Waals surface area contributed by atoms with Gasteiger partial charge in [0.15, 0.2) is 5.66 Å². The highest BCUT2D eigenvalue weighted by molar-refractivity contribution is 5.76. The summed E-state index contributed by atoms with van der Waals surface area (Å²) in [5, 5.41) is 8.26. The third-order valence-corrected chi connectivity index (χ3v) is 5.11. The Labute approximate surface area is 144 Å². The van der Waals surface area contributed by atoms with Gasteiger partial charge >= 0.3 is 0 Å². The third kappa shape index (κ3) is 5.29. The van der Waals surface area contributed by atoms with Crippen molar-refractivity contribution in [3.63, 3.8) is 0 Å². The molecule has 24 heavy (non-hydrogen) atoms. The molecule has 3 aliphatic rings. The lowest BCUT2D eigenvalue weighted by atomic mass is 10.0. The standard InChI is InChI=1S/C18H28N4O2/c1-2-3-7-18(19-20-18)8-6-17(23)22(15-16-4-5-16)10-9-21-11-13-24-14-12-21/h1,16H,3-15H2. The average molecular weight is 332 g/mol. The van der Waals surface area contributed by atoms with Crippen LogP contribution in [0.25, 0.3) is 0 Å². The van der Waals surface area contributed by atoms with E-state index in [0.717, 1.165) is 52.4 Å². The smallest absolute Gasteiger partial charge is 0.222 e. The van der Waals surface area contributed by atoms with Crippen molar-refractivity contribution in [1.29, 1.82) is 0 Å². The van der Waals surface area contributed by atoms with Crippen molar-refractivity contribution in [2.75, 3.05) is 45.9 Å². The topological polar surface area (TPSA) is 57.5 Å². The zero-order valence-corrected chi connectivity index (χ0v) is 14.5. The summed E-state index contributed by atoms with van der Waals surface area (Å²) in [6.45, 7) is 6.22. The fourth-order valence-corrected chi connectivity index (χ4v) is 3.15. The Morgan fingerprint density at radius 2 is 2.04 bits per heavy atom. The Morgan fingerprint density at radius 3 is 2.67 bits per heavy atom. The Hall–Kier alpha value is -1.45. The fourth-order valence-electron chi connectivity index (χ4n) is 3.15. The van der Waals surface area contributed by atoms with Crippen molar-refractivity contribution in [3.05, 3.63) is 0 Å². The van der Waals surface area contributed by atoms with Gasteiger partial charge in [0.25, 0.3) is 0 Å². The molecule has 1 saturated heterocycles. The summed E-state index contributed by atoms with van der Waals surface area (Å²) in [4.78, 5) is 17.1. The van der Waals surface area contributed by atoms with E-state index in [1.165, 1.54) is 12.8 Å². The lowest BCUT2D eigenvalue weighted by molar-refractivity contribution is -0.132. The van der Waals surface area contributed by atoms with Gasteiger partial charge < -0.3 is 9.64 Å². The molecule has 6 heteroatoms. The lowest BCUT2D eigenvalue weighted by Gasteiger charge is -2.30. The van der Waals surface area contributed by atoms with Crippen LogP contribution >= 0.6 is 0 Å². The highest BCUT2D eigenvalue weighted by atomic mass is 16.5. The van der Waals surface area contributed by atoms with E-state index in [0.29, 0.717) is 25.2 Å². The van der Waals surface area contributed by atoms with Crippen LogP contribution in [0.1, 0.15) is 38.5 Å². The van der Waals surface area contributed by atoms with E-state index in [2.05, 4.69) is 25.9 Å². The molecule has 0 spiro atoms. The largest absolute Gasteiger partial charge is 0.379 e. The molecular formula is C18H28N4O2. The van der Waals surface area contributed by atoms with Gasteiger partial charge in [-0.15, -0.1) is 12.3 Å². The summed E-state index contributed by atoms with van der Waals surface area (Å²) in [7, 11) is 0. The second kappa shape index (κ2) is 8.09. The minimum atomic E-state index is -0.350. The van der Waals surface area contributed by atoms with Gasteiger partial charge in [-0.25, -0.2) is 0 Å². The van der Waals surface area contributed by atoms with Gasteiger partial charge in [-0.3, -0.25) is 9.69 Å². The molecule has 0 bridgehead atoms. The second-order valence-electron chi connectivity index (χ2n) is 7.12. The number of hydrogen-bond donors (Lipinski definition) is 0. The summed E-state index contributed by atoms with van der Waals surface area (Å²) < 4.78 is 5.39. The van der Waals surface area contributed by atoms with Gasteiger partial charge in [0.05, 0.1) is 13.2 Å². The Bertz CT molecular complexity index is 498. The van der Waals surface area contributed by atoms with Gasteiger partial charge in [0, 0.05) is 58.4 Å². The molecule has 1 aliphatic carbocycles. The van der Waals surface area contributed by atoms with E-state index in [1.54, 1.807) is 0 Å². The molecular weight excluding hydrogens is 304 g/mol. The van der Waals surface area contributed by atoms with E-state index in [4.69, 9.17) is 11.2 Å². The number of hydrogen-bond acceptors (Lipinski definition) is 5. The summed E-state index contributed by atoms with van der Waals surface area (Å²) in [6.07, 6.45) is 10.5. The SMILES string of the molecule is C#CCCC1(CCC(=O)N(CCN2CCOCC2)CC2CC2)N=N1. The second-order valence-corrected chi connectivity index (χ2v) is 7.12. The molecule has 0 N–H and O–H groups in total. The molecule has 6 nitrogen and oxygen atoms in total. The van der Waals surface area contributed by atoms with Gasteiger partial charge in [0.2, 0.25) is 5.91 Å². The third-order valence-electron chi connectivity index (χ3n) is 5.11. The minimum Gasteiger partial charge on any atom is -0.379 e. The molecule has 3 rings (SSSR count). The highest BCUT2D eigenvalue weighted by Gasteiger charge is 2.40. The normalized spacial score (nSPS) is 22.1. The Kier molecular flexibility index (Phi) is 5.85. The van der Waals surface area contributed by atoms with Crippen molar-refractivity contribution < 1.29 is 9.53 Å². The Balaban J connectivity index is 1.43. The van der Waals surface area contributed by atoms with E-state index < -0.39 is 0 Å². The molecule has 0 aromatic rings. The minimum absolute atomic E-state index is 0.243. The van der Waals surface area contributed by atoms with Crippen LogP contribution < -0.4 is 0 Å². The molecule has 1 amide bonds. The molecule has 0 atom stereocenters. The molecule has 2 aliphatic heterocycles. The van der Waals surface area contributed by atoms with Gasteiger partial charge in [-0.2, -0.15) is 10.2 Å². The summed E-state index contributed by atoms with van der Waals surface area (Å²) in [5.74, 6) is 3.59. The summed E-state index contributed by atoms with van der Waals surface area (Å²) >= 11 is 0. The quantitative estimate of drug-likeness (QED) is 0.574. The number of amides is 1. The van der Waals surface area contributed by atoms with Crippen molar-refractivity contribution in [2.45, 2.75) is 44.2 Å². The molecule has 2 heterocycles. The maximum Gasteiger partial charge on any atom is 0.222 e. The maximum absolute atomic E-state index is 12.7. The van der Waals surface area contributed by atoms with Gasteiger partial charge in [-0.05, 0) is 18.8 Å². The first-order valence-corrected chi connectivity index (χ1v) is 9.16. The first-order valence-electron chi connectivity index (χ1n) is 9.16. The van der Waals surface area contributed by atoms with E-state index >= 15 is 0 Å². The molecule has 0 unspecified atom stereocenters. The number of ether oxygens (including phenoxy) is 1. The average Bonchev–Trinajstić information content (AvgIpc) is 3.52. The number of nitrogens with zero attached hydrogens (tertiary/aromatic N) is 4. The van der Waals surface area contributed by atoms with Crippen LogP contribution in [-0.4, -0.2) is 67.3 Å². The molecule has 0 aromatic carbocycles. The maximum atomic E-state index is 12.7. The van der Waals surface area contributed by atoms with E-state index in [9.17, 15) is 4.79 Å². The highest BCUT2D eigenvalue weighted by Crippen LogP contribution is 2.38. The molecule has 1 saturated carbocycles. The summed E-state index contributed by atoms with van der Waals surface area (Å²) in [6, 6.07) is 0. The number of carbonyl (C=O) groups excluding carboxylic acids is 1. The first kappa shape index (κ1) is 17.4. The predicted molar refractivity (Wildman–Crippen MR) is 91.5 cm³/mol. The van der Waals surface area contributed by atoms with Gasteiger partial charge in [0.1, 0.15) is 0 Å². The van der Waals surface area contributed by atoms with Gasteiger partial charge in [-0.1, -0.05) is 0 Å². The predicted octanol–water partition coefficient (Wildman–Crippen LogP) is 1.91. The monoisotopic (exact) mass is 332 g/mol. The molecule has 0 radical (unpaired) electrons. The van der Waals surface area contributed by atoms with Crippen LogP contribution in [0.15, 0.2) is 10.2 Å². The number of carbonyl (C=O) groups is 1. The van der Waals surface area contributed by atoms with E-state index in [1.807, 2.05) is 0 Å². The lowest BCUT2D eigenvalue weighted by Crippen LogP contribution is -2.43. The number of terminal acetylenes is 1. The van der Waals surface area contributed by atoms with Crippen LogP contribution in [0.4, 0.5) is 0 Å². The van der Waals surface area contributed by atoms with Crippen molar-refractivity contribution in [2.24, 2.45) is 16.1 Å². The first-order chi connectivity index (χ1) is 11.7. The number of rotatable bonds is 10. The fraction of sp³-hybridized carbons (Fsp3) is 0.833. The van der Waals surface area contributed by atoms with Crippen LogP contribution in [0.2, 0.25) is 0 Å². The van der Waals surface area contributed by atoms with Crippen molar-refractivity contribution >= 4 is 5.91 Å². The molecule has 0 aromatic heterocycles. The number of morpholine rings is 1. The van der Waals surface area contributed by atoms with Crippen LogP contribution in [-0.2, 0) is 9.53 Å². The molecule has 132 valence electrons. The van der Waals surface area contributed by atoms with Crippen LogP contribution in [0.5, 0.6) is 0 Å².